The van der Waals surface area contributed by atoms with Gasteiger partial charge in [-0.1, -0.05) is 13.8 Å². The van der Waals surface area contributed by atoms with E-state index in [0.29, 0.717) is 17.7 Å². The first-order valence-electron chi connectivity index (χ1n) is 5.90. The van der Waals surface area contributed by atoms with Gasteiger partial charge in [-0.05, 0) is 33.5 Å². The molecule has 2 amide bonds. The minimum atomic E-state index is -0.306. The summed E-state index contributed by atoms with van der Waals surface area (Å²) in [6.07, 6.45) is 0.611. The van der Waals surface area contributed by atoms with Crippen LogP contribution < -0.4 is 0 Å². The molecule has 0 spiro atoms. The number of hydrogen-bond donors (Lipinski definition) is 0. The van der Waals surface area contributed by atoms with Gasteiger partial charge in [0.2, 0.25) is 11.8 Å². The van der Waals surface area contributed by atoms with E-state index in [2.05, 4.69) is 15.9 Å². The zero-order chi connectivity index (χ0) is 14.2. The number of likely N-dealkylation sites (tertiary alicyclic amines) is 1. The van der Waals surface area contributed by atoms with Crippen molar-refractivity contribution in [1.82, 2.24) is 4.90 Å². The highest BCUT2D eigenvalue weighted by Gasteiger charge is 2.38. The van der Waals surface area contributed by atoms with Crippen LogP contribution in [0.2, 0.25) is 0 Å². The number of Topliss-reactive ketones (excluding diaryl/α,β-unsaturated/α-hetero) is 1. The molecule has 1 aromatic rings. The van der Waals surface area contributed by atoms with E-state index < -0.39 is 0 Å². The molecule has 2 heterocycles. The summed E-state index contributed by atoms with van der Waals surface area (Å²) in [5.74, 6) is -0.715. The molecule has 0 saturated carbocycles. The lowest BCUT2D eigenvalue weighted by atomic mass is 9.81. The third kappa shape index (κ3) is 3.30. The average molecular weight is 344 g/mol. The van der Waals surface area contributed by atoms with Crippen molar-refractivity contribution < 1.29 is 14.4 Å². The van der Waals surface area contributed by atoms with Gasteiger partial charge in [0.25, 0.3) is 0 Å². The number of rotatable bonds is 3. The van der Waals surface area contributed by atoms with Crippen LogP contribution in [0.25, 0.3) is 0 Å². The molecule has 0 aromatic carbocycles. The number of imide groups is 1. The maximum Gasteiger partial charge on any atom is 0.230 e. The molecule has 0 unspecified atom stereocenters. The third-order valence-corrected chi connectivity index (χ3v) is 4.68. The molecule has 19 heavy (non-hydrogen) atoms. The summed E-state index contributed by atoms with van der Waals surface area (Å²) < 4.78 is 0.855. The molecule has 0 aliphatic carbocycles. The number of ketones is 1. The Hall–Kier alpha value is -1.01. The van der Waals surface area contributed by atoms with Crippen LogP contribution in [0.5, 0.6) is 0 Å². The summed E-state index contributed by atoms with van der Waals surface area (Å²) in [5.41, 5.74) is -0.306. The Morgan fingerprint density at radius 2 is 1.89 bits per heavy atom. The first kappa shape index (κ1) is 14.4. The van der Waals surface area contributed by atoms with Crippen LogP contribution in [0.3, 0.4) is 0 Å². The van der Waals surface area contributed by atoms with E-state index in [1.165, 1.54) is 11.3 Å². The molecule has 4 nitrogen and oxygen atoms in total. The normalized spacial score (nSPS) is 18.8. The van der Waals surface area contributed by atoms with Crippen LogP contribution in [0.1, 0.15) is 36.4 Å². The highest BCUT2D eigenvalue weighted by Crippen LogP contribution is 2.31. The Kier molecular flexibility index (Phi) is 3.92. The van der Waals surface area contributed by atoms with Crippen LogP contribution in [-0.4, -0.2) is 29.0 Å². The highest BCUT2D eigenvalue weighted by atomic mass is 79.9. The molecule has 0 atom stereocenters. The van der Waals surface area contributed by atoms with Crippen LogP contribution in [-0.2, 0) is 9.59 Å². The van der Waals surface area contributed by atoms with E-state index in [-0.39, 0.29) is 29.6 Å². The molecular weight excluding hydrogens is 330 g/mol. The van der Waals surface area contributed by atoms with Gasteiger partial charge in [-0.3, -0.25) is 19.3 Å². The van der Waals surface area contributed by atoms with Gasteiger partial charge in [-0.15, -0.1) is 11.3 Å². The lowest BCUT2D eigenvalue weighted by molar-refractivity contribution is -0.151. The van der Waals surface area contributed by atoms with Crippen molar-refractivity contribution in [3.8, 4) is 0 Å². The second-order valence-electron chi connectivity index (χ2n) is 5.42. The van der Waals surface area contributed by atoms with E-state index in [9.17, 15) is 14.4 Å². The summed E-state index contributed by atoms with van der Waals surface area (Å²) in [5, 5.41) is 0. The minimum Gasteiger partial charge on any atom is -0.291 e. The number of thiophene rings is 1. The smallest absolute Gasteiger partial charge is 0.230 e. The number of piperidine rings is 1. The van der Waals surface area contributed by atoms with Gasteiger partial charge in [0.15, 0.2) is 5.78 Å². The number of carbonyl (C=O) groups is 3. The first-order valence-corrected chi connectivity index (χ1v) is 7.51. The Morgan fingerprint density at radius 3 is 2.37 bits per heavy atom. The number of carbonyl (C=O) groups excluding carboxylic acids is 3. The van der Waals surface area contributed by atoms with Gasteiger partial charge in [0.05, 0.1) is 15.2 Å². The zero-order valence-corrected chi connectivity index (χ0v) is 13.1. The molecule has 1 saturated heterocycles. The van der Waals surface area contributed by atoms with E-state index in [1.807, 2.05) is 13.8 Å². The minimum absolute atomic E-state index is 0.152. The fraction of sp³-hybridized carbons (Fsp3) is 0.462. The average Bonchev–Trinajstić information content (AvgIpc) is 2.69. The van der Waals surface area contributed by atoms with E-state index >= 15 is 0 Å². The molecule has 0 bridgehead atoms. The molecule has 1 aromatic heterocycles. The van der Waals surface area contributed by atoms with Crippen LogP contribution >= 0.6 is 27.3 Å². The Morgan fingerprint density at radius 1 is 1.32 bits per heavy atom. The molecular formula is C13H14BrNO3S. The number of halogens is 1. The van der Waals surface area contributed by atoms with Crippen molar-refractivity contribution in [3.63, 3.8) is 0 Å². The molecule has 0 radical (unpaired) electrons. The van der Waals surface area contributed by atoms with Gasteiger partial charge >= 0.3 is 0 Å². The lowest BCUT2D eigenvalue weighted by Gasteiger charge is -2.34. The maximum absolute atomic E-state index is 12.0. The fourth-order valence-corrected chi connectivity index (χ4v) is 3.39. The SMILES string of the molecule is CC1(C)CC(=O)N(CC(=O)c2ccc(Br)s2)C(=O)C1. The van der Waals surface area contributed by atoms with Gasteiger partial charge < -0.3 is 0 Å². The predicted molar refractivity (Wildman–Crippen MR) is 76.1 cm³/mol. The van der Waals surface area contributed by atoms with Gasteiger partial charge in [0.1, 0.15) is 0 Å². The largest absolute Gasteiger partial charge is 0.291 e. The summed E-state index contributed by atoms with van der Waals surface area (Å²) in [4.78, 5) is 37.5. The van der Waals surface area contributed by atoms with E-state index in [0.717, 1.165) is 8.69 Å². The van der Waals surface area contributed by atoms with Crippen molar-refractivity contribution in [2.45, 2.75) is 26.7 Å². The Balaban J connectivity index is 2.09. The van der Waals surface area contributed by atoms with Gasteiger partial charge in [-0.2, -0.15) is 0 Å². The summed E-state index contributed by atoms with van der Waals surface area (Å²) in [6, 6.07) is 3.47. The van der Waals surface area contributed by atoms with Gasteiger partial charge in [-0.25, -0.2) is 0 Å². The number of amides is 2. The molecule has 1 aliphatic rings. The zero-order valence-electron chi connectivity index (χ0n) is 10.7. The van der Waals surface area contributed by atoms with Crippen molar-refractivity contribution >= 4 is 44.9 Å². The second kappa shape index (κ2) is 5.17. The fourth-order valence-electron chi connectivity index (χ4n) is 2.07. The van der Waals surface area contributed by atoms with Crippen molar-refractivity contribution in [3.05, 3.63) is 20.8 Å². The molecule has 6 heteroatoms. The second-order valence-corrected chi connectivity index (χ2v) is 7.88. The van der Waals surface area contributed by atoms with Crippen LogP contribution in [0.4, 0.5) is 0 Å². The van der Waals surface area contributed by atoms with E-state index in [4.69, 9.17) is 0 Å². The third-order valence-electron chi connectivity index (χ3n) is 3.01. The highest BCUT2D eigenvalue weighted by molar-refractivity contribution is 9.11. The quantitative estimate of drug-likeness (QED) is 0.626. The topological polar surface area (TPSA) is 54.5 Å². The Labute approximate surface area is 123 Å². The van der Waals surface area contributed by atoms with E-state index in [1.54, 1.807) is 12.1 Å². The summed E-state index contributed by atoms with van der Waals surface area (Å²) >= 11 is 4.59. The molecule has 102 valence electrons. The molecule has 2 rings (SSSR count). The standard InChI is InChI=1S/C13H14BrNO3S/c1-13(2)5-11(17)15(12(18)6-13)7-8(16)9-3-4-10(14)19-9/h3-4H,5-7H2,1-2H3. The Bertz CT molecular complexity index is 530. The van der Waals surface area contributed by atoms with Crippen molar-refractivity contribution in [2.24, 2.45) is 5.41 Å². The lowest BCUT2D eigenvalue weighted by Crippen LogP contribution is -2.48. The molecule has 1 fully saturated rings. The number of hydrogen-bond acceptors (Lipinski definition) is 4. The van der Waals surface area contributed by atoms with Crippen molar-refractivity contribution in [1.29, 1.82) is 0 Å². The molecule has 0 N–H and O–H groups in total. The first-order chi connectivity index (χ1) is 8.78. The van der Waals surface area contributed by atoms with Crippen LogP contribution in [0.15, 0.2) is 15.9 Å². The summed E-state index contributed by atoms with van der Waals surface area (Å²) in [6.45, 7) is 3.62. The van der Waals surface area contributed by atoms with Gasteiger partial charge in [0, 0.05) is 12.8 Å². The maximum atomic E-state index is 12.0. The summed E-state index contributed by atoms with van der Waals surface area (Å²) in [7, 11) is 0. The molecule has 1 aliphatic heterocycles. The number of nitrogens with zero attached hydrogens (tertiary/aromatic N) is 1. The predicted octanol–water partition coefficient (Wildman–Crippen LogP) is 2.87. The van der Waals surface area contributed by atoms with Crippen molar-refractivity contribution in [2.75, 3.05) is 6.54 Å². The van der Waals surface area contributed by atoms with Crippen LogP contribution in [0, 0.1) is 5.41 Å². The monoisotopic (exact) mass is 343 g/mol.